The summed E-state index contributed by atoms with van der Waals surface area (Å²) in [7, 11) is 1.90. The molecule has 23 heavy (non-hydrogen) atoms. The molecule has 126 valence electrons. The van der Waals surface area contributed by atoms with Crippen LogP contribution in [-0.4, -0.2) is 38.4 Å². The average molecular weight is 315 g/mol. The maximum absolute atomic E-state index is 10.6. The van der Waals surface area contributed by atoms with Gasteiger partial charge in [0.2, 0.25) is 0 Å². The van der Waals surface area contributed by atoms with E-state index < -0.39 is 6.10 Å². The van der Waals surface area contributed by atoms with Crippen LogP contribution in [0.2, 0.25) is 0 Å². The average Bonchev–Trinajstić information content (AvgIpc) is 2.88. The molecule has 0 fully saturated rings. The fourth-order valence-corrected chi connectivity index (χ4v) is 3.08. The first kappa shape index (κ1) is 17.7. The van der Waals surface area contributed by atoms with Crippen LogP contribution < -0.4 is 0 Å². The van der Waals surface area contributed by atoms with Crippen molar-refractivity contribution in [3.63, 3.8) is 0 Å². The molecule has 0 amide bonds. The second-order valence-corrected chi connectivity index (χ2v) is 6.67. The van der Waals surface area contributed by atoms with Crippen molar-refractivity contribution in [3.8, 4) is 0 Å². The first-order valence-corrected chi connectivity index (χ1v) is 8.41. The molecule has 0 aliphatic rings. The van der Waals surface area contributed by atoms with Crippen LogP contribution in [0.25, 0.3) is 0 Å². The molecule has 1 aromatic carbocycles. The highest BCUT2D eigenvalue weighted by molar-refractivity contribution is 5.26. The second-order valence-electron chi connectivity index (χ2n) is 6.67. The maximum Gasteiger partial charge on any atom is 0.121 e. The highest BCUT2D eigenvalue weighted by Crippen LogP contribution is 2.22. The molecule has 0 bridgehead atoms. The SMILES string of the molecule is CC(C)N(CCc1cc(C(O)c2ccccc2)n(C)n1)C(C)C. The Morgan fingerprint density at radius 2 is 1.70 bits per heavy atom. The first-order chi connectivity index (χ1) is 10.9. The molecule has 4 heteroatoms. The Bertz CT molecular complexity index is 596. The molecule has 0 aliphatic carbocycles. The molecule has 0 saturated heterocycles. The highest BCUT2D eigenvalue weighted by atomic mass is 16.3. The monoisotopic (exact) mass is 315 g/mol. The first-order valence-electron chi connectivity index (χ1n) is 8.41. The fraction of sp³-hybridized carbons (Fsp3) is 0.526. The van der Waals surface area contributed by atoms with Crippen molar-refractivity contribution in [2.24, 2.45) is 7.05 Å². The lowest BCUT2D eigenvalue weighted by Crippen LogP contribution is -2.38. The largest absolute Gasteiger partial charge is 0.382 e. The zero-order valence-corrected chi connectivity index (χ0v) is 14.9. The third-order valence-electron chi connectivity index (χ3n) is 4.31. The molecule has 0 spiro atoms. The lowest BCUT2D eigenvalue weighted by atomic mass is 10.1. The van der Waals surface area contributed by atoms with Crippen LogP contribution in [0.4, 0.5) is 0 Å². The fourth-order valence-electron chi connectivity index (χ4n) is 3.08. The quantitative estimate of drug-likeness (QED) is 0.853. The van der Waals surface area contributed by atoms with Gasteiger partial charge in [-0.05, 0) is 39.3 Å². The van der Waals surface area contributed by atoms with Gasteiger partial charge in [0, 0.05) is 32.1 Å². The predicted molar refractivity (Wildman–Crippen MR) is 94.4 cm³/mol. The van der Waals surface area contributed by atoms with Crippen LogP contribution in [0, 0.1) is 0 Å². The molecule has 1 N–H and O–H groups in total. The summed E-state index contributed by atoms with van der Waals surface area (Å²) in [6, 6.07) is 12.8. The van der Waals surface area contributed by atoms with Gasteiger partial charge in [-0.15, -0.1) is 0 Å². The van der Waals surface area contributed by atoms with Gasteiger partial charge in [-0.2, -0.15) is 5.10 Å². The van der Waals surface area contributed by atoms with Crippen LogP contribution in [0.3, 0.4) is 0 Å². The van der Waals surface area contributed by atoms with E-state index >= 15 is 0 Å². The van der Waals surface area contributed by atoms with Crippen molar-refractivity contribution in [1.29, 1.82) is 0 Å². The van der Waals surface area contributed by atoms with E-state index in [4.69, 9.17) is 0 Å². The number of aliphatic hydroxyl groups excluding tert-OH is 1. The number of hydrogen-bond acceptors (Lipinski definition) is 3. The molecule has 0 aliphatic heterocycles. The minimum absolute atomic E-state index is 0.521. The summed E-state index contributed by atoms with van der Waals surface area (Å²) >= 11 is 0. The zero-order valence-electron chi connectivity index (χ0n) is 14.9. The minimum Gasteiger partial charge on any atom is -0.382 e. The van der Waals surface area contributed by atoms with Crippen LogP contribution in [0.5, 0.6) is 0 Å². The number of aryl methyl sites for hydroxylation is 1. The van der Waals surface area contributed by atoms with Gasteiger partial charge in [-0.3, -0.25) is 9.58 Å². The van der Waals surface area contributed by atoms with Gasteiger partial charge >= 0.3 is 0 Å². The summed E-state index contributed by atoms with van der Waals surface area (Å²) < 4.78 is 1.79. The summed E-state index contributed by atoms with van der Waals surface area (Å²) in [4.78, 5) is 2.46. The third kappa shape index (κ3) is 4.43. The van der Waals surface area contributed by atoms with Crippen LogP contribution >= 0.6 is 0 Å². The number of benzene rings is 1. The molecular weight excluding hydrogens is 286 g/mol. The van der Waals surface area contributed by atoms with E-state index in [1.807, 2.05) is 43.4 Å². The molecule has 2 aromatic rings. The van der Waals surface area contributed by atoms with Gasteiger partial charge in [0.05, 0.1) is 11.4 Å². The molecule has 4 nitrogen and oxygen atoms in total. The summed E-state index contributed by atoms with van der Waals surface area (Å²) in [6.45, 7) is 9.88. The van der Waals surface area contributed by atoms with Gasteiger partial charge in [0.25, 0.3) is 0 Å². The number of aliphatic hydroxyl groups is 1. The Morgan fingerprint density at radius 3 is 2.26 bits per heavy atom. The maximum atomic E-state index is 10.6. The van der Waals surface area contributed by atoms with Crippen molar-refractivity contribution < 1.29 is 5.11 Å². The Balaban J connectivity index is 2.09. The van der Waals surface area contributed by atoms with E-state index in [0.29, 0.717) is 12.1 Å². The molecule has 0 radical (unpaired) electrons. The molecule has 1 atom stereocenters. The van der Waals surface area contributed by atoms with Crippen molar-refractivity contribution in [2.75, 3.05) is 6.54 Å². The highest BCUT2D eigenvalue weighted by Gasteiger charge is 2.18. The topological polar surface area (TPSA) is 41.3 Å². The van der Waals surface area contributed by atoms with Gasteiger partial charge < -0.3 is 5.11 Å². The Kier molecular flexibility index (Phi) is 5.97. The van der Waals surface area contributed by atoms with E-state index in [-0.39, 0.29) is 0 Å². The summed E-state index contributed by atoms with van der Waals surface area (Å²) in [6.07, 6.45) is 0.264. The van der Waals surface area contributed by atoms with Gasteiger partial charge in [0.15, 0.2) is 0 Å². The second kappa shape index (κ2) is 7.75. The van der Waals surface area contributed by atoms with Gasteiger partial charge in [-0.1, -0.05) is 30.3 Å². The Morgan fingerprint density at radius 1 is 1.09 bits per heavy atom. The van der Waals surface area contributed by atoms with E-state index in [0.717, 1.165) is 29.9 Å². The summed E-state index contributed by atoms with van der Waals surface area (Å²) in [5, 5.41) is 15.1. The lowest BCUT2D eigenvalue weighted by molar-refractivity contribution is 0.177. The van der Waals surface area contributed by atoms with E-state index in [9.17, 15) is 5.11 Å². The Labute approximate surface area is 139 Å². The summed E-state index contributed by atoms with van der Waals surface area (Å²) in [5.41, 5.74) is 2.77. The van der Waals surface area contributed by atoms with Crippen LogP contribution in [0.15, 0.2) is 36.4 Å². The Hall–Kier alpha value is -1.65. The number of aromatic nitrogens is 2. The lowest BCUT2D eigenvalue weighted by Gasteiger charge is -2.30. The van der Waals surface area contributed by atoms with Crippen molar-refractivity contribution in [1.82, 2.24) is 14.7 Å². The van der Waals surface area contributed by atoms with Crippen molar-refractivity contribution >= 4 is 0 Å². The molecule has 0 saturated carbocycles. The number of hydrogen-bond donors (Lipinski definition) is 1. The summed E-state index contributed by atoms with van der Waals surface area (Å²) in [5.74, 6) is 0. The van der Waals surface area contributed by atoms with Crippen molar-refractivity contribution in [3.05, 3.63) is 53.3 Å². The van der Waals surface area contributed by atoms with E-state index in [1.165, 1.54) is 0 Å². The number of nitrogens with zero attached hydrogens (tertiary/aromatic N) is 3. The van der Waals surface area contributed by atoms with Crippen LogP contribution in [0.1, 0.15) is 50.8 Å². The molecule has 2 rings (SSSR count). The standard InChI is InChI=1S/C19H29N3O/c1-14(2)22(15(3)4)12-11-17-13-18(21(5)20-17)19(23)16-9-7-6-8-10-16/h6-10,13-15,19,23H,11-12H2,1-5H3. The van der Waals surface area contributed by atoms with Crippen LogP contribution in [-0.2, 0) is 13.5 Å². The smallest absolute Gasteiger partial charge is 0.121 e. The molecular formula is C19H29N3O. The molecule has 1 heterocycles. The van der Waals surface area contributed by atoms with Crippen molar-refractivity contribution in [2.45, 2.75) is 52.3 Å². The van der Waals surface area contributed by atoms with Gasteiger partial charge in [0.1, 0.15) is 6.10 Å². The molecule has 1 unspecified atom stereocenters. The molecule has 1 aromatic heterocycles. The predicted octanol–water partition coefficient (Wildman–Crippen LogP) is 3.16. The number of rotatable bonds is 7. The minimum atomic E-state index is -0.631. The normalized spacial score (nSPS) is 13.3. The van der Waals surface area contributed by atoms with E-state index in [1.54, 1.807) is 4.68 Å². The zero-order chi connectivity index (χ0) is 17.0. The van der Waals surface area contributed by atoms with E-state index in [2.05, 4.69) is 37.7 Å². The third-order valence-corrected chi connectivity index (χ3v) is 4.31. The van der Waals surface area contributed by atoms with Gasteiger partial charge in [-0.25, -0.2) is 0 Å².